The van der Waals surface area contributed by atoms with Crippen molar-refractivity contribution in [1.82, 2.24) is 14.9 Å². The molecule has 1 aliphatic rings. The summed E-state index contributed by atoms with van der Waals surface area (Å²) in [5.74, 6) is -0.667. The summed E-state index contributed by atoms with van der Waals surface area (Å²) in [7, 11) is 0. The van der Waals surface area contributed by atoms with E-state index in [0.717, 1.165) is 5.39 Å². The molecular formula is C21H21FN4O2. The van der Waals surface area contributed by atoms with Gasteiger partial charge in [-0.2, -0.15) is 0 Å². The SMILES string of the molecule is CCNC(=O)n1cc2ncc3c(c2c1)NCCC(Cc1ccccc1F)C3=O. The van der Waals surface area contributed by atoms with E-state index in [2.05, 4.69) is 15.6 Å². The number of nitrogens with zero attached hydrogens (tertiary/aromatic N) is 2. The van der Waals surface area contributed by atoms with Gasteiger partial charge in [-0.05, 0) is 31.4 Å². The zero-order valence-corrected chi connectivity index (χ0v) is 15.5. The van der Waals surface area contributed by atoms with Crippen molar-refractivity contribution in [2.24, 2.45) is 5.92 Å². The molecule has 0 fully saturated rings. The van der Waals surface area contributed by atoms with Gasteiger partial charge in [-0.15, -0.1) is 0 Å². The Kier molecular flexibility index (Phi) is 4.81. The zero-order chi connectivity index (χ0) is 19.7. The number of ketones is 1. The van der Waals surface area contributed by atoms with Crippen LogP contribution in [0.4, 0.5) is 14.9 Å². The second kappa shape index (κ2) is 7.42. The van der Waals surface area contributed by atoms with Crippen LogP contribution in [0, 0.1) is 11.7 Å². The van der Waals surface area contributed by atoms with Crippen molar-refractivity contribution in [2.45, 2.75) is 19.8 Å². The number of carbonyl (C=O) groups is 2. The fourth-order valence-corrected chi connectivity index (χ4v) is 3.67. The number of fused-ring (bicyclic) bond motifs is 3. The number of carbonyl (C=O) groups excluding carboxylic acids is 2. The van der Waals surface area contributed by atoms with E-state index in [-0.39, 0.29) is 23.5 Å². The molecular weight excluding hydrogens is 359 g/mol. The quantitative estimate of drug-likeness (QED) is 0.728. The van der Waals surface area contributed by atoms with Gasteiger partial charge < -0.3 is 10.6 Å². The lowest BCUT2D eigenvalue weighted by atomic mass is 9.89. The summed E-state index contributed by atoms with van der Waals surface area (Å²) in [6.07, 6.45) is 5.83. The second-order valence-corrected chi connectivity index (χ2v) is 6.92. The van der Waals surface area contributed by atoms with Gasteiger partial charge >= 0.3 is 6.03 Å². The molecule has 1 aromatic carbocycles. The molecule has 1 aliphatic heterocycles. The molecule has 144 valence electrons. The maximum absolute atomic E-state index is 14.0. The average Bonchev–Trinajstić information content (AvgIpc) is 3.06. The highest BCUT2D eigenvalue weighted by Crippen LogP contribution is 2.32. The molecule has 2 aromatic heterocycles. The molecule has 1 atom stereocenters. The average molecular weight is 380 g/mol. The normalized spacial score (nSPS) is 16.4. The molecule has 0 radical (unpaired) electrons. The lowest BCUT2D eigenvalue weighted by Crippen LogP contribution is -2.26. The number of rotatable bonds is 3. The molecule has 4 rings (SSSR count). The minimum Gasteiger partial charge on any atom is -0.384 e. The molecule has 3 aromatic rings. The number of aromatic nitrogens is 2. The number of nitrogens with one attached hydrogen (secondary N) is 2. The number of pyridine rings is 1. The van der Waals surface area contributed by atoms with E-state index in [4.69, 9.17) is 0 Å². The van der Waals surface area contributed by atoms with Crippen molar-refractivity contribution in [1.29, 1.82) is 0 Å². The van der Waals surface area contributed by atoms with Gasteiger partial charge in [0, 0.05) is 43.0 Å². The summed E-state index contributed by atoms with van der Waals surface area (Å²) in [6, 6.07) is 6.31. The summed E-state index contributed by atoms with van der Waals surface area (Å²) < 4.78 is 15.5. The monoisotopic (exact) mass is 380 g/mol. The van der Waals surface area contributed by atoms with Gasteiger partial charge in [0.15, 0.2) is 5.78 Å². The smallest absolute Gasteiger partial charge is 0.325 e. The lowest BCUT2D eigenvalue weighted by molar-refractivity contribution is 0.0917. The van der Waals surface area contributed by atoms with E-state index in [1.165, 1.54) is 10.6 Å². The molecule has 1 unspecified atom stereocenters. The third-order valence-corrected chi connectivity index (χ3v) is 5.09. The van der Waals surface area contributed by atoms with Crippen LogP contribution in [0.1, 0.15) is 29.3 Å². The molecule has 0 aliphatic carbocycles. The Morgan fingerprint density at radius 2 is 2.18 bits per heavy atom. The van der Waals surface area contributed by atoms with Crippen LogP contribution < -0.4 is 10.6 Å². The zero-order valence-electron chi connectivity index (χ0n) is 15.5. The first-order valence-corrected chi connectivity index (χ1v) is 9.39. The van der Waals surface area contributed by atoms with Gasteiger partial charge in [0.1, 0.15) is 5.82 Å². The number of anilines is 1. The molecule has 0 saturated heterocycles. The Balaban J connectivity index is 1.69. The van der Waals surface area contributed by atoms with Gasteiger partial charge in [0.2, 0.25) is 0 Å². The van der Waals surface area contributed by atoms with Gasteiger partial charge in [-0.1, -0.05) is 18.2 Å². The fourth-order valence-electron chi connectivity index (χ4n) is 3.67. The van der Waals surface area contributed by atoms with Crippen LogP contribution in [-0.4, -0.2) is 34.5 Å². The maximum Gasteiger partial charge on any atom is 0.325 e. The molecule has 0 bridgehead atoms. The van der Waals surface area contributed by atoms with E-state index in [1.54, 1.807) is 36.8 Å². The predicted octanol–water partition coefficient (Wildman–Crippen LogP) is 3.61. The van der Waals surface area contributed by atoms with Gasteiger partial charge in [-0.3, -0.25) is 14.3 Å². The minimum atomic E-state index is -0.324. The van der Waals surface area contributed by atoms with Crippen LogP contribution in [0.5, 0.6) is 0 Å². The van der Waals surface area contributed by atoms with E-state index in [9.17, 15) is 14.0 Å². The number of hydrogen-bond acceptors (Lipinski definition) is 4. The highest BCUT2D eigenvalue weighted by molar-refractivity contribution is 6.10. The second-order valence-electron chi connectivity index (χ2n) is 6.92. The summed E-state index contributed by atoms with van der Waals surface area (Å²) in [4.78, 5) is 29.6. The number of halogens is 1. The first-order chi connectivity index (χ1) is 13.6. The van der Waals surface area contributed by atoms with E-state index in [0.29, 0.717) is 48.3 Å². The van der Waals surface area contributed by atoms with Crippen molar-refractivity contribution in [2.75, 3.05) is 18.4 Å². The fraction of sp³-hybridized carbons (Fsp3) is 0.286. The third kappa shape index (κ3) is 3.24. The lowest BCUT2D eigenvalue weighted by Gasteiger charge is -2.13. The Morgan fingerprint density at radius 1 is 1.36 bits per heavy atom. The number of amides is 1. The van der Waals surface area contributed by atoms with Crippen LogP contribution in [0.15, 0.2) is 42.9 Å². The summed E-state index contributed by atoms with van der Waals surface area (Å²) >= 11 is 0. The molecule has 3 heterocycles. The van der Waals surface area contributed by atoms with Crippen molar-refractivity contribution >= 4 is 28.4 Å². The molecule has 7 heteroatoms. The third-order valence-electron chi connectivity index (χ3n) is 5.09. The van der Waals surface area contributed by atoms with Crippen molar-refractivity contribution in [3.05, 3.63) is 59.8 Å². The standard InChI is InChI=1S/C21H21FN4O2/c1-2-23-21(28)26-11-16-18(12-26)25-10-15-19(16)24-8-7-14(20(15)27)9-13-5-3-4-6-17(13)22/h3-6,10-12,14,24H,2,7-9H2,1H3,(H,23,28). The Morgan fingerprint density at radius 3 is 2.96 bits per heavy atom. The Hall–Kier alpha value is -3.22. The highest BCUT2D eigenvalue weighted by atomic mass is 19.1. The largest absolute Gasteiger partial charge is 0.384 e. The predicted molar refractivity (Wildman–Crippen MR) is 105 cm³/mol. The maximum atomic E-state index is 14.0. The molecule has 1 amide bonds. The minimum absolute atomic E-state index is 0.0524. The van der Waals surface area contributed by atoms with Gasteiger partial charge in [0.05, 0.1) is 16.8 Å². The first kappa shape index (κ1) is 18.2. The van der Waals surface area contributed by atoms with Crippen molar-refractivity contribution in [3.8, 4) is 0 Å². The van der Waals surface area contributed by atoms with Gasteiger partial charge in [0.25, 0.3) is 0 Å². The van der Waals surface area contributed by atoms with E-state index < -0.39 is 0 Å². The topological polar surface area (TPSA) is 76.0 Å². The molecule has 0 saturated carbocycles. The highest BCUT2D eigenvalue weighted by Gasteiger charge is 2.28. The number of Topliss-reactive ketones (excluding diaryl/α,β-unsaturated/α-hetero) is 1. The van der Waals surface area contributed by atoms with Crippen LogP contribution >= 0.6 is 0 Å². The Bertz CT molecular complexity index is 1060. The first-order valence-electron chi connectivity index (χ1n) is 9.39. The van der Waals surface area contributed by atoms with Crippen LogP contribution in [0.25, 0.3) is 10.9 Å². The van der Waals surface area contributed by atoms with E-state index >= 15 is 0 Å². The van der Waals surface area contributed by atoms with Crippen molar-refractivity contribution < 1.29 is 14.0 Å². The van der Waals surface area contributed by atoms with E-state index in [1.807, 2.05) is 6.92 Å². The van der Waals surface area contributed by atoms with Crippen LogP contribution in [-0.2, 0) is 6.42 Å². The summed E-state index contributed by atoms with van der Waals surface area (Å²) in [5.41, 5.74) is 2.35. The van der Waals surface area contributed by atoms with Crippen LogP contribution in [0.3, 0.4) is 0 Å². The summed E-state index contributed by atoms with van der Waals surface area (Å²) in [6.45, 7) is 2.96. The Labute approximate surface area is 161 Å². The molecule has 0 spiro atoms. The number of hydrogen-bond donors (Lipinski definition) is 2. The number of benzene rings is 1. The van der Waals surface area contributed by atoms with Crippen molar-refractivity contribution in [3.63, 3.8) is 0 Å². The summed E-state index contributed by atoms with van der Waals surface area (Å²) in [5, 5.41) is 6.78. The molecule has 2 N–H and O–H groups in total. The molecule has 28 heavy (non-hydrogen) atoms. The molecule has 6 nitrogen and oxygen atoms in total. The van der Waals surface area contributed by atoms with Gasteiger partial charge in [-0.25, -0.2) is 9.18 Å². The van der Waals surface area contributed by atoms with Crippen LogP contribution in [0.2, 0.25) is 0 Å².